The van der Waals surface area contributed by atoms with Gasteiger partial charge in [0, 0.05) is 0 Å². The molecule has 11 heavy (non-hydrogen) atoms. The second kappa shape index (κ2) is 4.19. The minimum Gasteiger partial charge on any atom is -0.460 e. The topological polar surface area (TPSA) is 9.23 Å². The molecule has 1 nitrogen and oxygen atoms in total. The van der Waals surface area contributed by atoms with Crippen LogP contribution in [0.5, 0.6) is 5.75 Å². The summed E-state index contributed by atoms with van der Waals surface area (Å²) < 4.78 is 5.87. The molecular weight excluding hydrogens is 251 g/mol. The van der Waals surface area contributed by atoms with Gasteiger partial charge in [-0.3, -0.25) is 0 Å². The molecule has 0 aliphatic heterocycles. The van der Waals surface area contributed by atoms with E-state index < -0.39 is 5.02 Å². The molecule has 0 saturated carbocycles. The summed E-state index contributed by atoms with van der Waals surface area (Å²) in [5.41, 5.74) is 0. The summed E-state index contributed by atoms with van der Waals surface area (Å²) in [4.78, 5) is 0. The first-order chi connectivity index (χ1) is 5.20. The highest BCUT2D eigenvalue weighted by Gasteiger charge is 2.03. The van der Waals surface area contributed by atoms with Crippen molar-refractivity contribution in [1.82, 2.24) is 0 Å². The molecule has 0 aliphatic carbocycles. The SMILES string of the molecule is ClC(Cl)Oc1ccccc1Br. The van der Waals surface area contributed by atoms with Crippen molar-refractivity contribution >= 4 is 39.1 Å². The standard InChI is InChI=1S/C7H5BrCl2O/c8-5-3-1-2-4-6(5)11-7(9)10/h1-4,7H. The minimum absolute atomic E-state index is 0.641. The van der Waals surface area contributed by atoms with Crippen molar-refractivity contribution in [2.24, 2.45) is 0 Å². The molecule has 4 heteroatoms. The van der Waals surface area contributed by atoms with Gasteiger partial charge in [-0.1, -0.05) is 35.3 Å². The maximum atomic E-state index is 5.41. The molecule has 1 aromatic rings. The largest absolute Gasteiger partial charge is 0.460 e. The molecule has 0 saturated heterocycles. The number of hydrogen-bond acceptors (Lipinski definition) is 1. The molecule has 1 rings (SSSR count). The van der Waals surface area contributed by atoms with Crippen molar-refractivity contribution in [2.75, 3.05) is 0 Å². The summed E-state index contributed by atoms with van der Waals surface area (Å²) in [6.07, 6.45) is 0. The molecule has 0 aliphatic rings. The van der Waals surface area contributed by atoms with E-state index in [1.54, 1.807) is 6.07 Å². The lowest BCUT2D eigenvalue weighted by atomic mass is 10.3. The van der Waals surface area contributed by atoms with E-state index in [0.717, 1.165) is 4.47 Å². The van der Waals surface area contributed by atoms with Crippen LogP contribution in [0.1, 0.15) is 0 Å². The van der Waals surface area contributed by atoms with E-state index in [9.17, 15) is 0 Å². The molecule has 0 bridgehead atoms. The number of halogens is 3. The van der Waals surface area contributed by atoms with Gasteiger partial charge in [-0.25, -0.2) is 0 Å². The zero-order valence-corrected chi connectivity index (χ0v) is 8.53. The van der Waals surface area contributed by atoms with Crippen LogP contribution in [-0.4, -0.2) is 5.02 Å². The van der Waals surface area contributed by atoms with Crippen molar-refractivity contribution in [3.63, 3.8) is 0 Å². The van der Waals surface area contributed by atoms with Crippen LogP contribution in [0.3, 0.4) is 0 Å². The van der Waals surface area contributed by atoms with E-state index in [2.05, 4.69) is 15.9 Å². The van der Waals surface area contributed by atoms with E-state index in [4.69, 9.17) is 27.9 Å². The molecule has 0 radical (unpaired) electrons. The predicted molar refractivity (Wildman–Crippen MR) is 50.3 cm³/mol. The zero-order chi connectivity index (χ0) is 8.27. The summed E-state index contributed by atoms with van der Waals surface area (Å²) in [7, 11) is 0. The van der Waals surface area contributed by atoms with Crippen molar-refractivity contribution < 1.29 is 4.74 Å². The lowest BCUT2D eigenvalue weighted by molar-refractivity contribution is 0.352. The average Bonchev–Trinajstić information content (AvgIpc) is 1.93. The fraction of sp³-hybridized carbons (Fsp3) is 0.143. The lowest BCUT2D eigenvalue weighted by Crippen LogP contribution is -1.99. The molecule has 1 aromatic carbocycles. The van der Waals surface area contributed by atoms with Gasteiger partial charge in [-0.05, 0) is 28.1 Å². The Morgan fingerprint density at radius 1 is 1.27 bits per heavy atom. The van der Waals surface area contributed by atoms with E-state index in [-0.39, 0.29) is 0 Å². The van der Waals surface area contributed by atoms with Crippen LogP contribution >= 0.6 is 39.1 Å². The van der Waals surface area contributed by atoms with E-state index in [1.165, 1.54) is 0 Å². The van der Waals surface area contributed by atoms with Gasteiger partial charge in [0.05, 0.1) is 4.47 Å². The van der Waals surface area contributed by atoms with Gasteiger partial charge in [0.25, 0.3) is 0 Å². The highest BCUT2D eigenvalue weighted by molar-refractivity contribution is 9.10. The lowest BCUT2D eigenvalue weighted by Gasteiger charge is -2.06. The van der Waals surface area contributed by atoms with Gasteiger partial charge in [0.2, 0.25) is 5.02 Å². The fourth-order valence-electron chi connectivity index (χ4n) is 0.636. The third-order valence-electron chi connectivity index (χ3n) is 1.05. The van der Waals surface area contributed by atoms with Gasteiger partial charge in [-0.2, -0.15) is 0 Å². The number of hydrogen-bond donors (Lipinski definition) is 0. The Bertz CT molecular complexity index is 240. The molecule has 0 fully saturated rings. The number of benzene rings is 1. The first kappa shape index (κ1) is 9.17. The number of alkyl halides is 2. The van der Waals surface area contributed by atoms with Gasteiger partial charge < -0.3 is 4.74 Å². The number of ether oxygens (including phenoxy) is 1. The molecule has 0 amide bonds. The summed E-state index contributed by atoms with van der Waals surface area (Å²) >= 11 is 14.1. The Hall–Kier alpha value is 0.0800. The molecule has 0 unspecified atom stereocenters. The maximum absolute atomic E-state index is 5.41. The van der Waals surface area contributed by atoms with Gasteiger partial charge in [0.1, 0.15) is 5.75 Å². The third kappa shape index (κ3) is 2.89. The van der Waals surface area contributed by atoms with Crippen LogP contribution < -0.4 is 4.74 Å². The number of rotatable bonds is 2. The predicted octanol–water partition coefficient (Wildman–Crippen LogP) is 3.59. The van der Waals surface area contributed by atoms with Gasteiger partial charge >= 0.3 is 0 Å². The summed E-state index contributed by atoms with van der Waals surface area (Å²) in [5, 5.41) is -0.825. The molecule has 0 aromatic heterocycles. The molecular formula is C7H5BrCl2O. The van der Waals surface area contributed by atoms with E-state index in [1.807, 2.05) is 18.2 Å². The van der Waals surface area contributed by atoms with Crippen LogP contribution in [0.2, 0.25) is 0 Å². The Morgan fingerprint density at radius 3 is 2.45 bits per heavy atom. The summed E-state index contributed by atoms with van der Waals surface area (Å²) in [5.74, 6) is 0.641. The highest BCUT2D eigenvalue weighted by atomic mass is 79.9. The van der Waals surface area contributed by atoms with Crippen LogP contribution in [-0.2, 0) is 0 Å². The summed E-state index contributed by atoms with van der Waals surface area (Å²) in [6.45, 7) is 0. The molecule has 0 spiro atoms. The van der Waals surface area contributed by atoms with Crippen molar-refractivity contribution in [3.8, 4) is 5.75 Å². The quantitative estimate of drug-likeness (QED) is 0.734. The van der Waals surface area contributed by atoms with Crippen LogP contribution in [0.25, 0.3) is 0 Å². The van der Waals surface area contributed by atoms with Gasteiger partial charge in [-0.15, -0.1) is 0 Å². The second-order valence-corrected chi connectivity index (χ2v) is 3.68. The smallest absolute Gasteiger partial charge is 0.247 e. The van der Waals surface area contributed by atoms with Crippen molar-refractivity contribution in [3.05, 3.63) is 28.7 Å². The fourth-order valence-corrected chi connectivity index (χ4v) is 1.21. The van der Waals surface area contributed by atoms with Crippen molar-refractivity contribution in [1.29, 1.82) is 0 Å². The second-order valence-electron chi connectivity index (χ2n) is 1.81. The van der Waals surface area contributed by atoms with Crippen molar-refractivity contribution in [2.45, 2.75) is 5.02 Å². The van der Waals surface area contributed by atoms with Crippen LogP contribution in [0.15, 0.2) is 28.7 Å². The molecule has 0 heterocycles. The molecule has 0 atom stereocenters. The molecule has 60 valence electrons. The maximum Gasteiger partial charge on any atom is 0.247 e. The third-order valence-corrected chi connectivity index (χ3v) is 1.89. The summed E-state index contributed by atoms with van der Waals surface area (Å²) in [6, 6.07) is 7.36. The van der Waals surface area contributed by atoms with Crippen LogP contribution in [0.4, 0.5) is 0 Å². The van der Waals surface area contributed by atoms with E-state index >= 15 is 0 Å². The Kier molecular flexibility index (Phi) is 3.49. The first-order valence-electron chi connectivity index (χ1n) is 2.89. The minimum atomic E-state index is -0.825. The zero-order valence-electron chi connectivity index (χ0n) is 5.43. The Morgan fingerprint density at radius 2 is 1.91 bits per heavy atom. The highest BCUT2D eigenvalue weighted by Crippen LogP contribution is 2.26. The normalized spacial score (nSPS) is 10.2. The molecule has 0 N–H and O–H groups in total. The monoisotopic (exact) mass is 254 g/mol. The first-order valence-corrected chi connectivity index (χ1v) is 4.56. The van der Waals surface area contributed by atoms with E-state index in [0.29, 0.717) is 5.75 Å². The van der Waals surface area contributed by atoms with Crippen LogP contribution in [0, 0.1) is 0 Å². The average molecular weight is 256 g/mol. The number of para-hydroxylation sites is 1. The Labute approximate surface area is 83.4 Å². The van der Waals surface area contributed by atoms with Gasteiger partial charge in [0.15, 0.2) is 0 Å². The Balaban J connectivity index is 2.78.